The van der Waals surface area contributed by atoms with E-state index >= 15 is 0 Å². The Labute approximate surface area is 112 Å². The Kier molecular flexibility index (Phi) is 3.69. The Morgan fingerprint density at radius 2 is 2.00 bits per heavy atom. The van der Waals surface area contributed by atoms with Gasteiger partial charge in [0.25, 0.3) is 0 Å². The Morgan fingerprint density at radius 3 is 2.68 bits per heavy atom. The van der Waals surface area contributed by atoms with Gasteiger partial charge in [0.05, 0.1) is 19.2 Å². The van der Waals surface area contributed by atoms with Crippen LogP contribution in [0.1, 0.15) is 23.2 Å². The molecule has 4 nitrogen and oxygen atoms in total. The van der Waals surface area contributed by atoms with E-state index in [4.69, 9.17) is 5.11 Å². The molecule has 0 unspecified atom stereocenters. The van der Waals surface area contributed by atoms with Gasteiger partial charge in [-0.15, -0.1) is 0 Å². The SMILES string of the molecule is Cc1cccc(-c2cnn(CCC(=O)O)c2C)c1C. The van der Waals surface area contributed by atoms with E-state index in [2.05, 4.69) is 31.1 Å². The number of hydrogen-bond acceptors (Lipinski definition) is 2. The van der Waals surface area contributed by atoms with Crippen LogP contribution in [0.5, 0.6) is 0 Å². The third-order valence-electron chi connectivity index (χ3n) is 3.54. The van der Waals surface area contributed by atoms with Crippen molar-refractivity contribution in [2.24, 2.45) is 0 Å². The van der Waals surface area contributed by atoms with E-state index in [0.717, 1.165) is 11.3 Å². The van der Waals surface area contributed by atoms with Gasteiger partial charge in [0, 0.05) is 11.3 Å². The molecule has 1 N–H and O–H groups in total. The molecule has 100 valence electrons. The van der Waals surface area contributed by atoms with Gasteiger partial charge in [-0.25, -0.2) is 0 Å². The van der Waals surface area contributed by atoms with E-state index in [-0.39, 0.29) is 6.42 Å². The number of benzene rings is 1. The molecule has 19 heavy (non-hydrogen) atoms. The lowest BCUT2D eigenvalue weighted by atomic mass is 9.98. The molecule has 0 bridgehead atoms. The van der Waals surface area contributed by atoms with Crippen molar-refractivity contribution in [3.05, 3.63) is 41.2 Å². The predicted octanol–water partition coefficient (Wildman–Crippen LogP) is 2.95. The largest absolute Gasteiger partial charge is 0.481 e. The van der Waals surface area contributed by atoms with E-state index in [1.807, 2.05) is 19.2 Å². The summed E-state index contributed by atoms with van der Waals surface area (Å²) in [4.78, 5) is 10.6. The molecule has 0 atom stereocenters. The van der Waals surface area contributed by atoms with Crippen LogP contribution >= 0.6 is 0 Å². The van der Waals surface area contributed by atoms with Gasteiger partial charge in [-0.1, -0.05) is 18.2 Å². The van der Waals surface area contributed by atoms with Crippen molar-refractivity contribution < 1.29 is 9.90 Å². The van der Waals surface area contributed by atoms with Crippen molar-refractivity contribution in [2.45, 2.75) is 33.7 Å². The number of nitrogens with zero attached hydrogens (tertiary/aromatic N) is 2. The van der Waals surface area contributed by atoms with Crippen LogP contribution in [0, 0.1) is 20.8 Å². The summed E-state index contributed by atoms with van der Waals surface area (Å²) < 4.78 is 1.76. The summed E-state index contributed by atoms with van der Waals surface area (Å²) in [5.74, 6) is -0.803. The molecule has 0 amide bonds. The normalized spacial score (nSPS) is 10.7. The van der Waals surface area contributed by atoms with Crippen molar-refractivity contribution in [3.8, 4) is 11.1 Å². The molecule has 1 heterocycles. The first kappa shape index (κ1) is 13.3. The first-order valence-corrected chi connectivity index (χ1v) is 6.31. The predicted molar refractivity (Wildman–Crippen MR) is 74.1 cm³/mol. The van der Waals surface area contributed by atoms with Gasteiger partial charge in [0.1, 0.15) is 0 Å². The maximum absolute atomic E-state index is 10.6. The van der Waals surface area contributed by atoms with E-state index in [1.54, 1.807) is 4.68 Å². The number of hydrogen-bond donors (Lipinski definition) is 1. The summed E-state index contributed by atoms with van der Waals surface area (Å²) in [7, 11) is 0. The van der Waals surface area contributed by atoms with Crippen LogP contribution in [0.2, 0.25) is 0 Å². The molecule has 0 saturated heterocycles. The zero-order chi connectivity index (χ0) is 14.0. The average Bonchev–Trinajstić information content (AvgIpc) is 2.72. The van der Waals surface area contributed by atoms with Gasteiger partial charge in [0.2, 0.25) is 0 Å². The monoisotopic (exact) mass is 258 g/mol. The molecule has 0 aliphatic carbocycles. The summed E-state index contributed by atoms with van der Waals surface area (Å²) >= 11 is 0. The highest BCUT2D eigenvalue weighted by Gasteiger charge is 2.12. The highest BCUT2D eigenvalue weighted by molar-refractivity contribution is 5.70. The second-order valence-electron chi connectivity index (χ2n) is 4.76. The standard InChI is InChI=1S/C15H18N2O2/c1-10-5-4-6-13(11(10)2)14-9-16-17(12(14)3)8-7-15(18)19/h4-6,9H,7-8H2,1-3H3,(H,18,19). The fourth-order valence-corrected chi connectivity index (χ4v) is 2.18. The second kappa shape index (κ2) is 5.26. The third kappa shape index (κ3) is 2.67. The van der Waals surface area contributed by atoms with Gasteiger partial charge < -0.3 is 5.11 Å². The fourth-order valence-electron chi connectivity index (χ4n) is 2.18. The number of aliphatic carboxylic acids is 1. The zero-order valence-electron chi connectivity index (χ0n) is 11.5. The fraction of sp³-hybridized carbons (Fsp3) is 0.333. The lowest BCUT2D eigenvalue weighted by Gasteiger charge is -2.08. The van der Waals surface area contributed by atoms with Crippen molar-refractivity contribution in [2.75, 3.05) is 0 Å². The Hall–Kier alpha value is -2.10. The van der Waals surface area contributed by atoms with Crippen LogP contribution in [0.15, 0.2) is 24.4 Å². The Bertz CT molecular complexity index is 615. The molecule has 0 fully saturated rings. The topological polar surface area (TPSA) is 55.1 Å². The number of carboxylic acids is 1. The maximum Gasteiger partial charge on any atom is 0.305 e. The number of carbonyl (C=O) groups is 1. The summed E-state index contributed by atoms with van der Waals surface area (Å²) in [6, 6.07) is 6.20. The average molecular weight is 258 g/mol. The summed E-state index contributed by atoms with van der Waals surface area (Å²) in [6.07, 6.45) is 1.91. The van der Waals surface area contributed by atoms with Crippen LogP contribution in [-0.4, -0.2) is 20.9 Å². The van der Waals surface area contributed by atoms with Crippen LogP contribution in [0.4, 0.5) is 0 Å². The van der Waals surface area contributed by atoms with Crippen molar-refractivity contribution in [1.82, 2.24) is 9.78 Å². The summed E-state index contributed by atoms with van der Waals surface area (Å²) in [6.45, 7) is 6.57. The minimum Gasteiger partial charge on any atom is -0.481 e. The maximum atomic E-state index is 10.6. The van der Waals surface area contributed by atoms with Gasteiger partial charge >= 0.3 is 5.97 Å². The van der Waals surface area contributed by atoms with Crippen LogP contribution in [0.3, 0.4) is 0 Å². The molecule has 0 spiro atoms. The van der Waals surface area contributed by atoms with Crippen molar-refractivity contribution in [3.63, 3.8) is 0 Å². The summed E-state index contributed by atoms with van der Waals surface area (Å²) in [5.41, 5.74) is 5.74. The quantitative estimate of drug-likeness (QED) is 0.917. The molecule has 4 heteroatoms. The van der Waals surface area contributed by atoms with Gasteiger partial charge in [0.15, 0.2) is 0 Å². The number of aromatic nitrogens is 2. The van der Waals surface area contributed by atoms with E-state index in [9.17, 15) is 4.79 Å². The van der Waals surface area contributed by atoms with Gasteiger partial charge in [-0.2, -0.15) is 5.10 Å². The molecular formula is C15H18N2O2. The third-order valence-corrected chi connectivity index (χ3v) is 3.54. The van der Waals surface area contributed by atoms with E-state index in [0.29, 0.717) is 6.54 Å². The van der Waals surface area contributed by atoms with Gasteiger partial charge in [-0.3, -0.25) is 9.48 Å². The number of rotatable bonds is 4. The molecule has 0 aliphatic rings. The Balaban J connectivity index is 2.36. The zero-order valence-corrected chi connectivity index (χ0v) is 11.5. The molecule has 2 aromatic rings. The lowest BCUT2D eigenvalue weighted by Crippen LogP contribution is -2.07. The summed E-state index contributed by atoms with van der Waals surface area (Å²) in [5, 5.41) is 13.0. The van der Waals surface area contributed by atoms with Crippen molar-refractivity contribution in [1.29, 1.82) is 0 Å². The molecule has 1 aromatic heterocycles. The minimum absolute atomic E-state index is 0.0920. The molecule has 1 aromatic carbocycles. The highest BCUT2D eigenvalue weighted by Crippen LogP contribution is 2.28. The molecule has 0 saturated carbocycles. The first-order chi connectivity index (χ1) is 9.00. The molecule has 0 radical (unpaired) electrons. The van der Waals surface area contributed by atoms with Crippen LogP contribution < -0.4 is 0 Å². The molecular weight excluding hydrogens is 240 g/mol. The molecule has 2 rings (SSSR count). The lowest BCUT2D eigenvalue weighted by molar-refractivity contribution is -0.137. The number of aryl methyl sites for hydroxylation is 2. The van der Waals surface area contributed by atoms with Crippen molar-refractivity contribution >= 4 is 5.97 Å². The van der Waals surface area contributed by atoms with Gasteiger partial charge in [-0.05, 0) is 37.5 Å². The second-order valence-corrected chi connectivity index (χ2v) is 4.76. The van der Waals surface area contributed by atoms with Crippen LogP contribution in [-0.2, 0) is 11.3 Å². The minimum atomic E-state index is -0.803. The van der Waals surface area contributed by atoms with Crippen LogP contribution in [0.25, 0.3) is 11.1 Å². The first-order valence-electron chi connectivity index (χ1n) is 6.31. The molecule has 0 aliphatic heterocycles. The Morgan fingerprint density at radius 1 is 1.26 bits per heavy atom. The van der Waals surface area contributed by atoms with E-state index < -0.39 is 5.97 Å². The smallest absolute Gasteiger partial charge is 0.305 e. The highest BCUT2D eigenvalue weighted by atomic mass is 16.4. The number of carboxylic acid groups (broad SMARTS) is 1. The van der Waals surface area contributed by atoms with E-state index in [1.165, 1.54) is 16.7 Å².